The van der Waals surface area contributed by atoms with E-state index >= 15 is 0 Å². The molecule has 1 aliphatic carbocycles. The number of aromatic nitrogens is 2. The van der Waals surface area contributed by atoms with Crippen LogP contribution < -0.4 is 0 Å². The van der Waals surface area contributed by atoms with Crippen LogP contribution in [0.3, 0.4) is 0 Å². The topological polar surface area (TPSA) is 25.8 Å². The largest absolute Gasteiger partial charge is 0.216 e. The molecule has 2 aromatic rings. The van der Waals surface area contributed by atoms with Gasteiger partial charge in [-0.15, -0.1) is 0 Å². The van der Waals surface area contributed by atoms with E-state index in [1.54, 1.807) is 0 Å². The molecule has 0 unspecified atom stereocenters. The highest BCUT2D eigenvalue weighted by Crippen LogP contribution is 2.41. The maximum absolute atomic E-state index is 6.37. The number of hydrogen-bond acceptors (Lipinski definition) is 2. The summed E-state index contributed by atoms with van der Waals surface area (Å²) in [6.45, 7) is 0. The number of halogens is 3. The van der Waals surface area contributed by atoms with Crippen molar-refractivity contribution in [3.63, 3.8) is 0 Å². The Morgan fingerprint density at radius 1 is 1.00 bits per heavy atom. The van der Waals surface area contributed by atoms with Crippen molar-refractivity contribution in [2.24, 2.45) is 0 Å². The van der Waals surface area contributed by atoms with Gasteiger partial charge in [-0.1, -0.05) is 70.2 Å². The zero-order chi connectivity index (χ0) is 14.1. The molecule has 0 aliphatic heterocycles. The van der Waals surface area contributed by atoms with Gasteiger partial charge in [0.1, 0.15) is 10.3 Å². The zero-order valence-electron chi connectivity index (χ0n) is 10.7. The Morgan fingerprint density at radius 3 is 2.20 bits per heavy atom. The maximum atomic E-state index is 6.37. The van der Waals surface area contributed by atoms with Gasteiger partial charge in [0.15, 0.2) is 5.82 Å². The molecule has 0 N–H and O–H groups in total. The van der Waals surface area contributed by atoms with Crippen LogP contribution in [0.5, 0.6) is 0 Å². The molecule has 1 aromatic carbocycles. The van der Waals surface area contributed by atoms with Crippen molar-refractivity contribution >= 4 is 39.1 Å². The van der Waals surface area contributed by atoms with E-state index in [1.807, 2.05) is 24.3 Å². The molecule has 3 rings (SSSR count). The van der Waals surface area contributed by atoms with Gasteiger partial charge in [0.2, 0.25) is 0 Å². The van der Waals surface area contributed by atoms with Gasteiger partial charge >= 0.3 is 0 Å². The van der Waals surface area contributed by atoms with Gasteiger partial charge in [0.25, 0.3) is 0 Å². The first-order valence-electron chi connectivity index (χ1n) is 6.64. The quantitative estimate of drug-likeness (QED) is 0.617. The monoisotopic (exact) mass is 370 g/mol. The Labute approximate surface area is 136 Å². The second kappa shape index (κ2) is 6.00. The van der Waals surface area contributed by atoms with E-state index in [0.29, 0.717) is 22.0 Å². The molecule has 0 spiro atoms. The summed E-state index contributed by atoms with van der Waals surface area (Å²) < 4.78 is 0.931. The Bertz CT molecular complexity index is 617. The highest BCUT2D eigenvalue weighted by molar-refractivity contribution is 9.10. The fourth-order valence-electron chi connectivity index (χ4n) is 2.73. The number of rotatable bonds is 2. The maximum Gasteiger partial charge on any atom is 0.163 e. The molecule has 1 fully saturated rings. The van der Waals surface area contributed by atoms with E-state index in [4.69, 9.17) is 23.2 Å². The van der Waals surface area contributed by atoms with E-state index < -0.39 is 0 Å². The highest BCUT2D eigenvalue weighted by Gasteiger charge is 2.24. The van der Waals surface area contributed by atoms with Gasteiger partial charge in [0.05, 0.1) is 0 Å². The molecule has 1 saturated carbocycles. The first-order chi connectivity index (χ1) is 9.66. The van der Waals surface area contributed by atoms with Crippen LogP contribution in [0.1, 0.15) is 37.2 Å². The Kier molecular flexibility index (Phi) is 4.29. The third-order valence-corrected chi connectivity index (χ3v) is 5.00. The molecule has 2 nitrogen and oxygen atoms in total. The molecular weight excluding hydrogens is 359 g/mol. The fraction of sp³-hybridized carbons (Fsp3) is 0.333. The SMILES string of the molecule is Clc1nc(-c2ccccc2Br)nc(Cl)c1C1CCCC1. The van der Waals surface area contributed by atoms with Crippen molar-refractivity contribution in [1.82, 2.24) is 9.97 Å². The fourth-order valence-corrected chi connectivity index (χ4v) is 3.89. The summed E-state index contributed by atoms with van der Waals surface area (Å²) in [7, 11) is 0. The van der Waals surface area contributed by atoms with E-state index in [-0.39, 0.29) is 0 Å². The number of hydrogen-bond donors (Lipinski definition) is 0. The Morgan fingerprint density at radius 2 is 1.60 bits per heavy atom. The van der Waals surface area contributed by atoms with Gasteiger partial charge in [-0.3, -0.25) is 0 Å². The van der Waals surface area contributed by atoms with Crippen LogP contribution >= 0.6 is 39.1 Å². The summed E-state index contributed by atoms with van der Waals surface area (Å²) >= 11 is 16.2. The van der Waals surface area contributed by atoms with Gasteiger partial charge < -0.3 is 0 Å². The van der Waals surface area contributed by atoms with Crippen molar-refractivity contribution < 1.29 is 0 Å². The second-order valence-electron chi connectivity index (χ2n) is 5.00. The molecule has 104 valence electrons. The molecule has 0 bridgehead atoms. The average molecular weight is 372 g/mol. The lowest BCUT2D eigenvalue weighted by Gasteiger charge is -2.14. The molecule has 5 heteroatoms. The summed E-state index contributed by atoms with van der Waals surface area (Å²) in [5, 5.41) is 0.977. The molecule has 0 radical (unpaired) electrons. The summed E-state index contributed by atoms with van der Waals surface area (Å²) in [6, 6.07) is 7.78. The summed E-state index contributed by atoms with van der Waals surface area (Å²) in [5.74, 6) is 0.970. The first kappa shape index (κ1) is 14.3. The summed E-state index contributed by atoms with van der Waals surface area (Å²) in [6.07, 6.45) is 4.70. The molecule has 0 amide bonds. The number of nitrogens with zero attached hydrogens (tertiary/aromatic N) is 2. The highest BCUT2D eigenvalue weighted by atomic mass is 79.9. The minimum Gasteiger partial charge on any atom is -0.216 e. The lowest BCUT2D eigenvalue weighted by atomic mass is 10.0. The van der Waals surface area contributed by atoms with Crippen LogP contribution in [0.4, 0.5) is 0 Å². The van der Waals surface area contributed by atoms with E-state index in [0.717, 1.165) is 28.4 Å². The molecular formula is C15H13BrCl2N2. The van der Waals surface area contributed by atoms with Gasteiger partial charge in [0, 0.05) is 15.6 Å². The van der Waals surface area contributed by atoms with E-state index in [9.17, 15) is 0 Å². The smallest absolute Gasteiger partial charge is 0.163 e. The lowest BCUT2D eigenvalue weighted by Crippen LogP contribution is -2.01. The van der Waals surface area contributed by atoms with Crippen LogP contribution in [0.2, 0.25) is 10.3 Å². The molecule has 1 heterocycles. The predicted octanol–water partition coefficient (Wildman–Crippen LogP) is 5.87. The van der Waals surface area contributed by atoms with Crippen molar-refractivity contribution in [3.05, 3.63) is 44.6 Å². The third-order valence-electron chi connectivity index (χ3n) is 3.73. The van der Waals surface area contributed by atoms with Crippen LogP contribution in [-0.4, -0.2) is 9.97 Å². The van der Waals surface area contributed by atoms with Gasteiger partial charge in [-0.25, -0.2) is 9.97 Å². The molecule has 1 aromatic heterocycles. The van der Waals surface area contributed by atoms with Crippen molar-refractivity contribution in [2.45, 2.75) is 31.6 Å². The van der Waals surface area contributed by atoms with Crippen LogP contribution in [0, 0.1) is 0 Å². The Balaban J connectivity index is 2.06. The summed E-state index contributed by atoms with van der Waals surface area (Å²) in [5.41, 5.74) is 1.82. The van der Waals surface area contributed by atoms with Crippen LogP contribution in [0.15, 0.2) is 28.7 Å². The average Bonchev–Trinajstić information content (AvgIpc) is 2.92. The molecule has 20 heavy (non-hydrogen) atoms. The zero-order valence-corrected chi connectivity index (χ0v) is 13.8. The lowest BCUT2D eigenvalue weighted by molar-refractivity contribution is 0.715. The van der Waals surface area contributed by atoms with Crippen molar-refractivity contribution in [1.29, 1.82) is 0 Å². The predicted molar refractivity (Wildman–Crippen MR) is 86.4 cm³/mol. The van der Waals surface area contributed by atoms with Crippen molar-refractivity contribution in [2.75, 3.05) is 0 Å². The first-order valence-corrected chi connectivity index (χ1v) is 8.19. The van der Waals surface area contributed by atoms with E-state index in [1.165, 1.54) is 12.8 Å². The molecule has 1 aliphatic rings. The van der Waals surface area contributed by atoms with Crippen LogP contribution in [-0.2, 0) is 0 Å². The van der Waals surface area contributed by atoms with Gasteiger partial charge in [-0.2, -0.15) is 0 Å². The van der Waals surface area contributed by atoms with Gasteiger partial charge in [-0.05, 0) is 24.8 Å². The van der Waals surface area contributed by atoms with Crippen LogP contribution in [0.25, 0.3) is 11.4 Å². The third kappa shape index (κ3) is 2.72. The van der Waals surface area contributed by atoms with Crippen molar-refractivity contribution in [3.8, 4) is 11.4 Å². The molecule has 0 saturated heterocycles. The minimum absolute atomic E-state index is 0.406. The Hall–Kier alpha value is -0.640. The molecule has 0 atom stereocenters. The van der Waals surface area contributed by atoms with E-state index in [2.05, 4.69) is 25.9 Å². The summed E-state index contributed by atoms with van der Waals surface area (Å²) in [4.78, 5) is 8.90. The second-order valence-corrected chi connectivity index (χ2v) is 6.57. The number of benzene rings is 1. The standard InChI is InChI=1S/C15H13BrCl2N2/c16-11-8-4-3-7-10(11)15-19-13(17)12(14(18)20-15)9-5-1-2-6-9/h3-4,7-9H,1-2,5-6H2. The minimum atomic E-state index is 0.406. The normalized spacial score (nSPS) is 15.8.